The zero-order valence-corrected chi connectivity index (χ0v) is 13.6. The molecule has 1 unspecified atom stereocenters. The fraction of sp³-hybridized carbons (Fsp3) is 0.667. The lowest BCUT2D eigenvalue weighted by atomic mass is 9.89. The van der Waals surface area contributed by atoms with Gasteiger partial charge in [-0.05, 0) is 49.8 Å². The Morgan fingerprint density at radius 1 is 1.41 bits per heavy atom. The summed E-state index contributed by atoms with van der Waals surface area (Å²) in [6, 6.07) is 1.91. The molecule has 17 heavy (non-hydrogen) atoms. The van der Waals surface area contributed by atoms with E-state index in [2.05, 4.69) is 57.9 Å². The van der Waals surface area contributed by atoms with Crippen LogP contribution in [0.25, 0.3) is 0 Å². The van der Waals surface area contributed by atoms with E-state index in [0.717, 1.165) is 16.7 Å². The Balaban J connectivity index is 2.28. The zero-order valence-electron chi connectivity index (χ0n) is 10.4. The molecule has 0 spiro atoms. The second-order valence-electron chi connectivity index (χ2n) is 5.38. The summed E-state index contributed by atoms with van der Waals surface area (Å²) in [4.78, 5) is 0. The molecule has 0 aliphatic heterocycles. The highest BCUT2D eigenvalue weighted by Gasteiger charge is 2.16. The summed E-state index contributed by atoms with van der Waals surface area (Å²) in [6.45, 7) is 7.56. The van der Waals surface area contributed by atoms with Gasteiger partial charge in [-0.2, -0.15) is 0 Å². The van der Waals surface area contributed by atoms with Gasteiger partial charge in [-0.1, -0.05) is 20.8 Å². The topological polar surface area (TPSA) is 45.4 Å². The molecule has 0 aliphatic rings. The number of hydrogen-bond donors (Lipinski definition) is 2. The van der Waals surface area contributed by atoms with Crippen molar-refractivity contribution in [3.05, 3.63) is 21.0 Å². The molecule has 0 amide bonds. The maximum atomic E-state index is 9.81. The highest BCUT2D eigenvalue weighted by atomic mass is 79.9. The summed E-state index contributed by atoms with van der Waals surface area (Å²) in [6.07, 6.45) is 0.461. The van der Waals surface area contributed by atoms with Gasteiger partial charge >= 0.3 is 0 Å². The summed E-state index contributed by atoms with van der Waals surface area (Å²) in [5.74, 6) is 0.840. The molecule has 0 aromatic carbocycles. The van der Waals surface area contributed by atoms with E-state index in [-0.39, 0.29) is 11.5 Å². The van der Waals surface area contributed by atoms with Crippen LogP contribution in [0.1, 0.15) is 33.0 Å². The average Bonchev–Trinajstić information content (AvgIpc) is 2.43. The first-order chi connectivity index (χ1) is 7.78. The third kappa shape index (κ3) is 6.04. The second-order valence-corrected chi connectivity index (χ2v) is 6.96. The van der Waals surface area contributed by atoms with Crippen molar-refractivity contribution in [2.24, 2.45) is 5.41 Å². The third-order valence-corrected chi connectivity index (χ3v) is 3.93. The van der Waals surface area contributed by atoms with Gasteiger partial charge in [0.1, 0.15) is 5.76 Å². The molecule has 2 N–H and O–H groups in total. The minimum Gasteiger partial charge on any atom is -0.452 e. The van der Waals surface area contributed by atoms with Crippen molar-refractivity contribution in [2.75, 3.05) is 6.54 Å². The van der Waals surface area contributed by atoms with E-state index < -0.39 is 0 Å². The molecule has 0 fully saturated rings. The standard InChI is InChI=1S/C12H19Br2NO2/c1-12(2,3)5-8(16)6-15-7-9-4-10(13)11(14)17-9/h4,8,15-16H,5-7H2,1-3H3. The Morgan fingerprint density at radius 2 is 2.06 bits per heavy atom. The van der Waals surface area contributed by atoms with Crippen LogP contribution in [0.3, 0.4) is 0 Å². The third-order valence-electron chi connectivity index (χ3n) is 2.22. The van der Waals surface area contributed by atoms with Gasteiger partial charge in [0.25, 0.3) is 0 Å². The van der Waals surface area contributed by atoms with E-state index in [1.54, 1.807) is 0 Å². The van der Waals surface area contributed by atoms with Gasteiger partial charge in [-0.25, -0.2) is 0 Å². The molecule has 1 atom stereocenters. The van der Waals surface area contributed by atoms with Crippen molar-refractivity contribution < 1.29 is 9.52 Å². The van der Waals surface area contributed by atoms with Gasteiger partial charge in [-0.15, -0.1) is 0 Å². The van der Waals surface area contributed by atoms with Crippen LogP contribution in [-0.4, -0.2) is 17.8 Å². The number of rotatable bonds is 5. The molecule has 0 aliphatic carbocycles. The van der Waals surface area contributed by atoms with E-state index in [9.17, 15) is 5.11 Å². The van der Waals surface area contributed by atoms with Crippen LogP contribution < -0.4 is 5.32 Å². The maximum absolute atomic E-state index is 9.81. The van der Waals surface area contributed by atoms with E-state index in [0.29, 0.717) is 17.8 Å². The first-order valence-corrected chi connectivity index (χ1v) is 7.19. The Morgan fingerprint density at radius 3 is 2.53 bits per heavy atom. The minimum atomic E-state index is -0.322. The van der Waals surface area contributed by atoms with Crippen LogP contribution in [0.4, 0.5) is 0 Å². The highest BCUT2D eigenvalue weighted by Crippen LogP contribution is 2.26. The molecular weight excluding hydrogens is 350 g/mol. The molecule has 1 rings (SSSR count). The molecule has 0 saturated heterocycles. The van der Waals surface area contributed by atoms with E-state index in [1.807, 2.05) is 6.07 Å². The number of aliphatic hydroxyl groups excluding tert-OH is 1. The predicted molar refractivity (Wildman–Crippen MR) is 75.9 cm³/mol. The van der Waals surface area contributed by atoms with Gasteiger partial charge in [0.05, 0.1) is 17.1 Å². The molecule has 1 aromatic heterocycles. The first kappa shape index (κ1) is 15.2. The van der Waals surface area contributed by atoms with Gasteiger partial charge in [0, 0.05) is 6.54 Å². The summed E-state index contributed by atoms with van der Waals surface area (Å²) in [7, 11) is 0. The quantitative estimate of drug-likeness (QED) is 0.832. The smallest absolute Gasteiger partial charge is 0.183 e. The van der Waals surface area contributed by atoms with Gasteiger partial charge < -0.3 is 14.8 Å². The largest absolute Gasteiger partial charge is 0.452 e. The van der Waals surface area contributed by atoms with Crippen LogP contribution in [0.15, 0.2) is 19.6 Å². The van der Waals surface area contributed by atoms with Crippen molar-refractivity contribution in [3.63, 3.8) is 0 Å². The summed E-state index contributed by atoms with van der Waals surface area (Å²) < 4.78 is 7.03. The number of halogens is 2. The lowest BCUT2D eigenvalue weighted by Gasteiger charge is -2.22. The van der Waals surface area contributed by atoms with E-state index in [4.69, 9.17) is 4.42 Å². The van der Waals surface area contributed by atoms with Crippen molar-refractivity contribution in [1.82, 2.24) is 5.32 Å². The second kappa shape index (κ2) is 6.36. The predicted octanol–water partition coefficient (Wildman–Crippen LogP) is 3.69. The average molecular weight is 369 g/mol. The molecule has 98 valence electrons. The molecule has 0 bridgehead atoms. The Hall–Kier alpha value is 0.160. The summed E-state index contributed by atoms with van der Waals surface area (Å²) >= 11 is 6.64. The molecule has 1 heterocycles. The van der Waals surface area contributed by atoms with Crippen molar-refractivity contribution >= 4 is 31.9 Å². The lowest BCUT2D eigenvalue weighted by Crippen LogP contribution is -2.29. The molecule has 5 heteroatoms. The zero-order chi connectivity index (χ0) is 13.1. The monoisotopic (exact) mass is 367 g/mol. The molecule has 0 radical (unpaired) electrons. The van der Waals surface area contributed by atoms with Crippen LogP contribution in [-0.2, 0) is 6.54 Å². The van der Waals surface area contributed by atoms with Crippen LogP contribution in [0.5, 0.6) is 0 Å². The Kier molecular flexibility index (Phi) is 5.70. The molecule has 0 saturated carbocycles. The fourth-order valence-corrected chi connectivity index (χ4v) is 2.28. The van der Waals surface area contributed by atoms with Crippen LogP contribution >= 0.6 is 31.9 Å². The number of nitrogens with one attached hydrogen (secondary N) is 1. The summed E-state index contributed by atoms with van der Waals surface area (Å²) in [5.41, 5.74) is 0.151. The number of hydrogen-bond acceptors (Lipinski definition) is 3. The normalized spacial score (nSPS) is 14.0. The van der Waals surface area contributed by atoms with Crippen molar-refractivity contribution in [1.29, 1.82) is 0 Å². The Labute approximate surface area is 119 Å². The van der Waals surface area contributed by atoms with Gasteiger partial charge in [0.15, 0.2) is 4.67 Å². The van der Waals surface area contributed by atoms with Crippen molar-refractivity contribution in [3.8, 4) is 0 Å². The minimum absolute atomic E-state index is 0.151. The molecule has 1 aromatic rings. The summed E-state index contributed by atoms with van der Waals surface area (Å²) in [5, 5.41) is 13.0. The lowest BCUT2D eigenvalue weighted by molar-refractivity contribution is 0.119. The first-order valence-electron chi connectivity index (χ1n) is 5.60. The van der Waals surface area contributed by atoms with Crippen molar-refractivity contribution in [2.45, 2.75) is 39.8 Å². The molecular formula is C12H19Br2NO2. The van der Waals surface area contributed by atoms with Gasteiger partial charge in [-0.3, -0.25) is 0 Å². The number of furan rings is 1. The fourth-order valence-electron chi connectivity index (χ4n) is 1.62. The number of aliphatic hydroxyl groups is 1. The maximum Gasteiger partial charge on any atom is 0.183 e. The van der Waals surface area contributed by atoms with E-state index >= 15 is 0 Å². The molecule has 3 nitrogen and oxygen atoms in total. The SMILES string of the molecule is CC(C)(C)CC(O)CNCc1cc(Br)c(Br)o1. The Bertz CT molecular complexity index is 338. The van der Waals surface area contributed by atoms with Crippen LogP contribution in [0, 0.1) is 5.41 Å². The van der Waals surface area contributed by atoms with E-state index in [1.165, 1.54) is 0 Å². The van der Waals surface area contributed by atoms with Crippen LogP contribution in [0.2, 0.25) is 0 Å². The van der Waals surface area contributed by atoms with Gasteiger partial charge in [0.2, 0.25) is 0 Å². The highest BCUT2D eigenvalue weighted by molar-refractivity contribution is 9.13.